The van der Waals surface area contributed by atoms with Crippen molar-refractivity contribution < 1.29 is 22.7 Å². The van der Waals surface area contributed by atoms with Gasteiger partial charge in [-0.15, -0.1) is 0 Å². The number of nitrogens with two attached hydrogens (primary N) is 1. The van der Waals surface area contributed by atoms with E-state index in [1.54, 1.807) is 0 Å². The third-order valence-corrected chi connectivity index (χ3v) is 2.77. The Morgan fingerprint density at radius 1 is 1.35 bits per heavy atom. The number of benzene rings is 1. The van der Waals surface area contributed by atoms with Crippen LogP contribution in [0.5, 0.6) is 0 Å². The second-order valence-corrected chi connectivity index (χ2v) is 4.65. The molecule has 0 fully saturated rings. The smallest absolute Gasteiger partial charge is 0.395 e. The van der Waals surface area contributed by atoms with Crippen LogP contribution in [0.25, 0.3) is 0 Å². The molecule has 0 aromatic heterocycles. The first-order chi connectivity index (χ1) is 9.23. The van der Waals surface area contributed by atoms with Gasteiger partial charge in [0.1, 0.15) is 10.8 Å². The predicted octanol–water partition coefficient (Wildman–Crippen LogP) is 1.82. The third-order valence-electron chi connectivity index (χ3n) is 2.55. The molecule has 1 rings (SSSR count). The number of thiocarbonyl (C=S) groups is 1. The number of halogens is 4. The van der Waals surface area contributed by atoms with E-state index in [-0.39, 0.29) is 23.6 Å². The molecule has 0 heterocycles. The highest BCUT2D eigenvalue weighted by atomic mass is 32.1. The number of hydrogen-bond acceptors (Lipinski definition) is 3. The van der Waals surface area contributed by atoms with Crippen molar-refractivity contribution >= 4 is 17.2 Å². The standard InChI is InChI=1S/C12H14F4N2OS/c13-9-2-1-8(10(5-9)11(17)20)6-18(3-4-19)7-12(14,15)16/h1-2,5,19H,3-4,6-7H2,(H2,17,20). The molecule has 20 heavy (non-hydrogen) atoms. The van der Waals surface area contributed by atoms with Gasteiger partial charge in [-0.3, -0.25) is 4.90 Å². The van der Waals surface area contributed by atoms with Gasteiger partial charge in [0.25, 0.3) is 0 Å². The highest BCUT2D eigenvalue weighted by Gasteiger charge is 2.30. The Bertz CT molecular complexity index is 479. The number of alkyl halides is 3. The van der Waals surface area contributed by atoms with Crippen molar-refractivity contribution in [3.8, 4) is 0 Å². The van der Waals surface area contributed by atoms with Gasteiger partial charge >= 0.3 is 6.18 Å². The molecule has 8 heteroatoms. The summed E-state index contributed by atoms with van der Waals surface area (Å²) in [6.07, 6.45) is -4.39. The van der Waals surface area contributed by atoms with Crippen LogP contribution in [-0.2, 0) is 6.54 Å². The molecule has 0 atom stereocenters. The number of nitrogens with zero attached hydrogens (tertiary/aromatic N) is 1. The molecule has 112 valence electrons. The van der Waals surface area contributed by atoms with Crippen LogP contribution in [0.2, 0.25) is 0 Å². The fourth-order valence-corrected chi connectivity index (χ4v) is 1.96. The monoisotopic (exact) mass is 310 g/mol. The van der Waals surface area contributed by atoms with E-state index in [4.69, 9.17) is 23.1 Å². The molecular weight excluding hydrogens is 296 g/mol. The van der Waals surface area contributed by atoms with Gasteiger partial charge in [0.15, 0.2) is 0 Å². The minimum absolute atomic E-state index is 0.0875. The molecule has 1 aromatic rings. The van der Waals surface area contributed by atoms with Crippen molar-refractivity contribution in [2.75, 3.05) is 19.7 Å². The summed E-state index contributed by atoms with van der Waals surface area (Å²) in [5.41, 5.74) is 6.02. The van der Waals surface area contributed by atoms with E-state index < -0.39 is 25.1 Å². The zero-order valence-corrected chi connectivity index (χ0v) is 11.3. The number of aliphatic hydroxyl groups is 1. The Labute approximate surface area is 119 Å². The topological polar surface area (TPSA) is 49.5 Å². The summed E-state index contributed by atoms with van der Waals surface area (Å²) in [6, 6.07) is 3.55. The van der Waals surface area contributed by atoms with Gasteiger partial charge in [-0.1, -0.05) is 18.3 Å². The minimum atomic E-state index is -4.39. The normalized spacial score (nSPS) is 11.9. The maximum Gasteiger partial charge on any atom is 0.401 e. The van der Waals surface area contributed by atoms with Gasteiger partial charge in [-0.25, -0.2) is 4.39 Å². The summed E-state index contributed by atoms with van der Waals surface area (Å²) in [4.78, 5) is 0.908. The lowest BCUT2D eigenvalue weighted by Gasteiger charge is -2.23. The molecule has 1 aromatic carbocycles. The van der Waals surface area contributed by atoms with Gasteiger partial charge in [0, 0.05) is 18.7 Å². The van der Waals surface area contributed by atoms with Crippen LogP contribution in [0, 0.1) is 5.82 Å². The lowest BCUT2D eigenvalue weighted by atomic mass is 10.1. The maximum absolute atomic E-state index is 13.1. The first-order valence-corrected chi connectivity index (χ1v) is 6.12. The summed E-state index contributed by atoms with van der Waals surface area (Å²) in [5, 5.41) is 8.81. The van der Waals surface area contributed by atoms with E-state index in [2.05, 4.69) is 0 Å². The van der Waals surface area contributed by atoms with E-state index in [0.29, 0.717) is 5.56 Å². The largest absolute Gasteiger partial charge is 0.401 e. The second kappa shape index (κ2) is 6.96. The summed E-state index contributed by atoms with van der Waals surface area (Å²) in [5.74, 6) is -0.568. The first-order valence-electron chi connectivity index (χ1n) is 5.71. The van der Waals surface area contributed by atoms with Crippen LogP contribution >= 0.6 is 12.2 Å². The van der Waals surface area contributed by atoms with E-state index >= 15 is 0 Å². The lowest BCUT2D eigenvalue weighted by Crippen LogP contribution is -2.36. The molecule has 0 spiro atoms. The van der Waals surface area contributed by atoms with Crippen LogP contribution in [0.15, 0.2) is 18.2 Å². The second-order valence-electron chi connectivity index (χ2n) is 4.22. The molecule has 0 saturated carbocycles. The molecule has 0 radical (unpaired) electrons. The molecule has 0 aliphatic carbocycles. The van der Waals surface area contributed by atoms with Crippen molar-refractivity contribution in [2.45, 2.75) is 12.7 Å². The average molecular weight is 310 g/mol. The van der Waals surface area contributed by atoms with E-state index in [1.807, 2.05) is 0 Å². The zero-order valence-electron chi connectivity index (χ0n) is 10.5. The van der Waals surface area contributed by atoms with Crippen molar-refractivity contribution in [1.82, 2.24) is 4.90 Å². The predicted molar refractivity (Wildman–Crippen MR) is 70.7 cm³/mol. The van der Waals surface area contributed by atoms with Crippen molar-refractivity contribution in [2.24, 2.45) is 5.73 Å². The Hall–Kier alpha value is -1.25. The van der Waals surface area contributed by atoms with Gasteiger partial charge in [0.2, 0.25) is 0 Å². The quantitative estimate of drug-likeness (QED) is 0.621. The van der Waals surface area contributed by atoms with Crippen LogP contribution in [-0.4, -0.2) is 40.9 Å². The average Bonchev–Trinajstić information content (AvgIpc) is 2.29. The molecule has 0 amide bonds. The molecule has 0 aliphatic heterocycles. The van der Waals surface area contributed by atoms with Crippen LogP contribution < -0.4 is 5.73 Å². The van der Waals surface area contributed by atoms with Crippen LogP contribution in [0.1, 0.15) is 11.1 Å². The number of aliphatic hydroxyl groups excluding tert-OH is 1. The summed E-state index contributed by atoms with van der Waals surface area (Å²) < 4.78 is 50.4. The maximum atomic E-state index is 13.1. The van der Waals surface area contributed by atoms with Crippen molar-refractivity contribution in [1.29, 1.82) is 0 Å². The highest BCUT2D eigenvalue weighted by Crippen LogP contribution is 2.20. The van der Waals surface area contributed by atoms with Crippen molar-refractivity contribution in [3.05, 3.63) is 35.1 Å². The van der Waals surface area contributed by atoms with Gasteiger partial charge in [-0.2, -0.15) is 13.2 Å². The molecule has 0 saturated heterocycles. The van der Waals surface area contributed by atoms with E-state index in [9.17, 15) is 17.6 Å². The van der Waals surface area contributed by atoms with E-state index in [0.717, 1.165) is 17.0 Å². The first kappa shape index (κ1) is 16.8. The molecule has 3 nitrogen and oxygen atoms in total. The van der Waals surface area contributed by atoms with Gasteiger partial charge in [0.05, 0.1) is 13.2 Å². The molecule has 0 aliphatic rings. The Balaban J connectivity index is 2.96. The molecule has 0 unspecified atom stereocenters. The van der Waals surface area contributed by atoms with Crippen molar-refractivity contribution in [3.63, 3.8) is 0 Å². The fourth-order valence-electron chi connectivity index (χ4n) is 1.77. The Kier molecular flexibility index (Phi) is 5.85. The Morgan fingerprint density at radius 2 is 2.00 bits per heavy atom. The molecule has 0 bridgehead atoms. The minimum Gasteiger partial charge on any atom is -0.395 e. The SMILES string of the molecule is NC(=S)c1cc(F)ccc1CN(CCO)CC(F)(F)F. The molecule has 3 N–H and O–H groups in total. The Morgan fingerprint density at radius 3 is 2.50 bits per heavy atom. The highest BCUT2D eigenvalue weighted by molar-refractivity contribution is 7.80. The number of hydrogen-bond donors (Lipinski definition) is 2. The fraction of sp³-hybridized carbons (Fsp3) is 0.417. The molecular formula is C12H14F4N2OS. The zero-order chi connectivity index (χ0) is 15.3. The number of rotatable bonds is 6. The van der Waals surface area contributed by atoms with Crippen LogP contribution in [0.4, 0.5) is 17.6 Å². The lowest BCUT2D eigenvalue weighted by molar-refractivity contribution is -0.147. The summed E-state index contributed by atoms with van der Waals surface area (Å²) in [6.45, 7) is -1.89. The third kappa shape index (κ3) is 5.40. The van der Waals surface area contributed by atoms with Gasteiger partial charge in [-0.05, 0) is 17.7 Å². The van der Waals surface area contributed by atoms with Crippen LogP contribution in [0.3, 0.4) is 0 Å². The van der Waals surface area contributed by atoms with Gasteiger partial charge < -0.3 is 10.8 Å². The van der Waals surface area contributed by atoms with E-state index in [1.165, 1.54) is 6.07 Å². The summed E-state index contributed by atoms with van der Waals surface area (Å²) >= 11 is 4.76. The summed E-state index contributed by atoms with van der Waals surface area (Å²) in [7, 11) is 0.